The van der Waals surface area contributed by atoms with Crippen molar-refractivity contribution in [1.82, 2.24) is 9.80 Å². The highest BCUT2D eigenvalue weighted by Gasteiger charge is 2.47. The van der Waals surface area contributed by atoms with Crippen molar-refractivity contribution >= 4 is 18.1 Å². The molecule has 0 bridgehead atoms. The van der Waals surface area contributed by atoms with Crippen LogP contribution >= 0.6 is 0 Å². The zero-order valence-corrected chi connectivity index (χ0v) is 18.8. The van der Waals surface area contributed by atoms with Crippen molar-refractivity contribution in [3.05, 3.63) is 35.9 Å². The number of aliphatic hydroxyl groups is 1. The van der Waals surface area contributed by atoms with Gasteiger partial charge in [-0.05, 0) is 46.1 Å². The fourth-order valence-electron chi connectivity index (χ4n) is 4.24. The number of cyclic esters (lactones) is 1. The molecule has 1 aromatic carbocycles. The molecule has 1 N–H and O–H groups in total. The molecule has 5 atom stereocenters. The number of hydrogen-bond acceptors (Lipinski definition) is 6. The number of amides is 3. The Kier molecular flexibility index (Phi) is 6.59. The highest BCUT2D eigenvalue weighted by Crippen LogP contribution is 2.34. The van der Waals surface area contributed by atoms with Crippen molar-refractivity contribution < 1.29 is 29.0 Å². The summed E-state index contributed by atoms with van der Waals surface area (Å²) in [5, 5.41) is 11.0. The van der Waals surface area contributed by atoms with Gasteiger partial charge in [0.2, 0.25) is 5.91 Å². The summed E-state index contributed by atoms with van der Waals surface area (Å²) in [7, 11) is 0. The van der Waals surface area contributed by atoms with Crippen molar-refractivity contribution in [2.75, 3.05) is 6.54 Å². The van der Waals surface area contributed by atoms with E-state index >= 15 is 0 Å². The van der Waals surface area contributed by atoms with Crippen molar-refractivity contribution in [2.45, 2.75) is 77.4 Å². The van der Waals surface area contributed by atoms with E-state index in [9.17, 15) is 19.5 Å². The minimum atomic E-state index is -1.13. The van der Waals surface area contributed by atoms with E-state index in [0.717, 1.165) is 10.5 Å². The van der Waals surface area contributed by atoms with Crippen LogP contribution in [0.4, 0.5) is 9.59 Å². The summed E-state index contributed by atoms with van der Waals surface area (Å²) >= 11 is 0. The predicted molar refractivity (Wildman–Crippen MR) is 113 cm³/mol. The Morgan fingerprint density at radius 2 is 1.87 bits per heavy atom. The fourth-order valence-corrected chi connectivity index (χ4v) is 4.24. The molecule has 1 aromatic rings. The van der Waals surface area contributed by atoms with Crippen LogP contribution in [0, 0.1) is 5.92 Å². The van der Waals surface area contributed by atoms with Crippen molar-refractivity contribution in [3.63, 3.8) is 0 Å². The van der Waals surface area contributed by atoms with Crippen molar-refractivity contribution in [2.24, 2.45) is 5.92 Å². The lowest BCUT2D eigenvalue weighted by molar-refractivity contribution is -0.137. The molecule has 2 aliphatic heterocycles. The molecule has 0 saturated carbocycles. The van der Waals surface area contributed by atoms with Crippen LogP contribution in [0.5, 0.6) is 0 Å². The molecule has 0 aromatic heterocycles. The van der Waals surface area contributed by atoms with Crippen LogP contribution in [-0.2, 0) is 14.3 Å². The standard InChI is InChI=1S/C23H32N2O6/c1-14(18(26)17-12-9-13-24(17)21(28)31-23(3,4)5)20(27)25-15(2)19(30-22(25)29)16-10-7-6-8-11-16/h6-8,10-11,14-15,17-19,26H,9,12-13H2,1-5H3/t14-,15-,17+,18-,19?/m1/s1. The number of rotatable bonds is 4. The highest BCUT2D eigenvalue weighted by molar-refractivity contribution is 5.95. The number of carbonyl (C=O) groups excluding carboxylic acids is 3. The minimum Gasteiger partial charge on any atom is -0.444 e. The van der Waals surface area contributed by atoms with Crippen LogP contribution in [-0.4, -0.2) is 63.3 Å². The van der Waals surface area contributed by atoms with Crippen LogP contribution in [0.3, 0.4) is 0 Å². The monoisotopic (exact) mass is 432 g/mol. The maximum absolute atomic E-state index is 13.2. The molecular weight excluding hydrogens is 400 g/mol. The molecule has 1 unspecified atom stereocenters. The first-order chi connectivity index (χ1) is 14.5. The molecule has 2 heterocycles. The van der Waals surface area contributed by atoms with E-state index in [2.05, 4.69) is 0 Å². The number of carbonyl (C=O) groups is 3. The third kappa shape index (κ3) is 4.84. The van der Waals surface area contributed by atoms with E-state index in [1.54, 1.807) is 34.6 Å². The Bertz CT molecular complexity index is 821. The number of benzene rings is 1. The van der Waals surface area contributed by atoms with Gasteiger partial charge in [-0.2, -0.15) is 0 Å². The van der Waals surface area contributed by atoms with Crippen LogP contribution in [0.1, 0.15) is 59.1 Å². The smallest absolute Gasteiger partial charge is 0.417 e. The molecule has 2 saturated heterocycles. The lowest BCUT2D eigenvalue weighted by Gasteiger charge is -2.34. The summed E-state index contributed by atoms with van der Waals surface area (Å²) in [6.07, 6.45) is -1.65. The third-order valence-electron chi connectivity index (χ3n) is 5.86. The number of aliphatic hydroxyl groups excluding tert-OH is 1. The van der Waals surface area contributed by atoms with Gasteiger partial charge in [0, 0.05) is 6.54 Å². The predicted octanol–water partition coefficient (Wildman–Crippen LogP) is 3.49. The Morgan fingerprint density at radius 1 is 1.23 bits per heavy atom. The lowest BCUT2D eigenvalue weighted by atomic mass is 9.94. The first-order valence-electron chi connectivity index (χ1n) is 10.8. The zero-order valence-electron chi connectivity index (χ0n) is 18.8. The second kappa shape index (κ2) is 8.86. The number of imide groups is 1. The molecule has 3 rings (SSSR count). The van der Waals surface area contributed by atoms with Gasteiger partial charge >= 0.3 is 12.2 Å². The molecule has 2 aliphatic rings. The van der Waals surface area contributed by atoms with Gasteiger partial charge in [0.05, 0.1) is 24.1 Å². The average Bonchev–Trinajstić information content (AvgIpc) is 3.30. The van der Waals surface area contributed by atoms with Crippen molar-refractivity contribution in [3.8, 4) is 0 Å². The Labute approximate surface area is 183 Å². The second-order valence-corrected chi connectivity index (χ2v) is 9.33. The van der Waals surface area contributed by atoms with E-state index in [1.807, 2.05) is 30.3 Å². The van der Waals surface area contributed by atoms with Gasteiger partial charge < -0.3 is 19.5 Å². The van der Waals surface area contributed by atoms with Gasteiger partial charge in [-0.3, -0.25) is 4.79 Å². The molecule has 0 aliphatic carbocycles. The highest BCUT2D eigenvalue weighted by atomic mass is 16.6. The fraction of sp³-hybridized carbons (Fsp3) is 0.609. The van der Waals surface area contributed by atoms with Crippen LogP contribution in [0.25, 0.3) is 0 Å². The van der Waals surface area contributed by atoms with E-state index in [1.165, 1.54) is 4.90 Å². The van der Waals surface area contributed by atoms with Gasteiger partial charge in [0.15, 0.2) is 0 Å². The SMILES string of the molecule is C[C@@H]1C(c2ccccc2)OC(=O)N1C(=O)[C@H](C)[C@@H](O)[C@@H]1CCCN1C(=O)OC(C)(C)C. The third-order valence-corrected chi connectivity index (χ3v) is 5.86. The minimum absolute atomic E-state index is 0.454. The first-order valence-corrected chi connectivity index (χ1v) is 10.8. The summed E-state index contributed by atoms with van der Waals surface area (Å²) in [5.41, 5.74) is 0.149. The van der Waals surface area contributed by atoms with Gasteiger partial charge in [-0.15, -0.1) is 0 Å². The van der Waals surface area contributed by atoms with E-state index in [0.29, 0.717) is 19.4 Å². The van der Waals surface area contributed by atoms with Gasteiger partial charge in [0.25, 0.3) is 0 Å². The summed E-state index contributed by atoms with van der Waals surface area (Å²) in [6.45, 7) is 9.12. The number of likely N-dealkylation sites (tertiary alicyclic amines) is 1. The molecule has 8 nitrogen and oxygen atoms in total. The summed E-state index contributed by atoms with van der Waals surface area (Å²) in [4.78, 5) is 40.8. The van der Waals surface area contributed by atoms with Gasteiger partial charge in [0.1, 0.15) is 11.7 Å². The number of nitrogens with zero attached hydrogens (tertiary/aromatic N) is 2. The Balaban J connectivity index is 1.71. The topological polar surface area (TPSA) is 96.4 Å². The number of hydrogen-bond donors (Lipinski definition) is 1. The van der Waals surface area contributed by atoms with Crippen molar-refractivity contribution in [1.29, 1.82) is 0 Å². The summed E-state index contributed by atoms with van der Waals surface area (Å²) in [5.74, 6) is -1.41. The summed E-state index contributed by atoms with van der Waals surface area (Å²) in [6, 6.07) is 8.19. The molecule has 2 fully saturated rings. The molecule has 8 heteroatoms. The first kappa shape index (κ1) is 23.1. The van der Waals surface area contributed by atoms with E-state index in [-0.39, 0.29) is 0 Å². The zero-order chi connectivity index (χ0) is 22.9. The molecule has 0 spiro atoms. The average molecular weight is 433 g/mol. The Hall–Kier alpha value is -2.61. The quantitative estimate of drug-likeness (QED) is 0.782. The van der Waals surface area contributed by atoms with Gasteiger partial charge in [-0.1, -0.05) is 37.3 Å². The molecular formula is C23H32N2O6. The molecule has 31 heavy (non-hydrogen) atoms. The molecule has 3 amide bonds. The normalized spacial score (nSPS) is 25.9. The maximum Gasteiger partial charge on any atom is 0.417 e. The van der Waals surface area contributed by atoms with Crippen LogP contribution < -0.4 is 0 Å². The maximum atomic E-state index is 13.2. The number of ether oxygens (including phenoxy) is 2. The van der Waals surface area contributed by atoms with Crippen LogP contribution in [0.2, 0.25) is 0 Å². The Morgan fingerprint density at radius 3 is 2.48 bits per heavy atom. The van der Waals surface area contributed by atoms with E-state index < -0.39 is 53.9 Å². The lowest BCUT2D eigenvalue weighted by Crippen LogP contribution is -2.51. The van der Waals surface area contributed by atoms with Gasteiger partial charge in [-0.25, -0.2) is 14.5 Å². The molecule has 0 radical (unpaired) electrons. The van der Waals surface area contributed by atoms with E-state index in [4.69, 9.17) is 9.47 Å². The second-order valence-electron chi connectivity index (χ2n) is 9.33. The summed E-state index contributed by atoms with van der Waals surface area (Å²) < 4.78 is 10.9. The molecule has 170 valence electrons. The largest absolute Gasteiger partial charge is 0.444 e. The van der Waals surface area contributed by atoms with Crippen LogP contribution in [0.15, 0.2) is 30.3 Å².